The molecule has 0 spiro atoms. The maximum absolute atomic E-state index is 11.8. The monoisotopic (exact) mass is 334 g/mol. The maximum Gasteiger partial charge on any atom is 0.0797 e. The van der Waals surface area contributed by atoms with E-state index in [9.17, 15) is 5.21 Å². The summed E-state index contributed by atoms with van der Waals surface area (Å²) in [6, 6.07) is 14.4. The van der Waals surface area contributed by atoms with E-state index in [2.05, 4.69) is 35.2 Å². The lowest BCUT2D eigenvalue weighted by Gasteiger charge is -2.36. The molecule has 3 nitrogen and oxygen atoms in total. The lowest BCUT2D eigenvalue weighted by atomic mass is 10.2. The Labute approximate surface area is 140 Å². The number of hydroxylamine groups is 3. The molecule has 0 saturated heterocycles. The zero-order valence-electron chi connectivity index (χ0n) is 12.8. The van der Waals surface area contributed by atoms with Crippen molar-refractivity contribution in [3.05, 3.63) is 52.7 Å². The van der Waals surface area contributed by atoms with Crippen LogP contribution in [-0.2, 0) is 0 Å². The van der Waals surface area contributed by atoms with Crippen LogP contribution in [0.1, 0.15) is 6.42 Å². The SMILES string of the molecule is C[N+](C)([O-])CCCN1c2ccccc2Sc2ccc(Cl)cc21. The fraction of sp³-hybridized carbons (Fsp3) is 0.294. The summed E-state index contributed by atoms with van der Waals surface area (Å²) in [5, 5.41) is 12.5. The second-order valence-electron chi connectivity index (χ2n) is 5.98. The third-order valence-electron chi connectivity index (χ3n) is 3.67. The Bertz CT molecular complexity index is 685. The van der Waals surface area contributed by atoms with Crippen molar-refractivity contribution in [1.82, 2.24) is 0 Å². The number of anilines is 2. The van der Waals surface area contributed by atoms with Crippen LogP contribution >= 0.6 is 23.4 Å². The molecular formula is C17H19ClN2OS. The van der Waals surface area contributed by atoms with Gasteiger partial charge >= 0.3 is 0 Å². The fourth-order valence-electron chi connectivity index (χ4n) is 2.65. The Morgan fingerprint density at radius 1 is 1.09 bits per heavy atom. The Balaban J connectivity index is 1.92. The van der Waals surface area contributed by atoms with E-state index >= 15 is 0 Å². The molecule has 2 aromatic rings. The van der Waals surface area contributed by atoms with Gasteiger partial charge in [0.1, 0.15) is 0 Å². The van der Waals surface area contributed by atoms with E-state index in [1.807, 2.05) is 12.1 Å². The quantitative estimate of drug-likeness (QED) is 0.587. The van der Waals surface area contributed by atoms with E-state index in [1.54, 1.807) is 25.9 Å². The molecule has 1 heterocycles. The van der Waals surface area contributed by atoms with Crippen LogP contribution in [0.2, 0.25) is 5.02 Å². The highest BCUT2D eigenvalue weighted by Crippen LogP contribution is 2.48. The summed E-state index contributed by atoms with van der Waals surface area (Å²) in [5.41, 5.74) is 2.32. The van der Waals surface area contributed by atoms with Crippen LogP contribution in [0.15, 0.2) is 52.3 Å². The van der Waals surface area contributed by atoms with Crippen molar-refractivity contribution < 1.29 is 4.65 Å². The molecule has 0 aliphatic carbocycles. The molecule has 2 aromatic carbocycles. The van der Waals surface area contributed by atoms with Crippen LogP contribution in [0.25, 0.3) is 0 Å². The predicted molar refractivity (Wildman–Crippen MR) is 94.0 cm³/mol. The fourth-order valence-corrected chi connectivity index (χ4v) is 3.90. The van der Waals surface area contributed by atoms with Crippen LogP contribution in [0.3, 0.4) is 0 Å². The Kier molecular flexibility index (Phi) is 4.37. The van der Waals surface area contributed by atoms with E-state index in [-0.39, 0.29) is 4.65 Å². The number of rotatable bonds is 4. The van der Waals surface area contributed by atoms with Gasteiger partial charge in [-0.3, -0.25) is 0 Å². The smallest absolute Gasteiger partial charge is 0.0797 e. The highest BCUT2D eigenvalue weighted by atomic mass is 35.5. The number of hydrogen-bond donors (Lipinski definition) is 0. The molecule has 0 saturated carbocycles. The highest BCUT2D eigenvalue weighted by Gasteiger charge is 2.23. The van der Waals surface area contributed by atoms with Crippen molar-refractivity contribution in [3.63, 3.8) is 0 Å². The molecule has 0 amide bonds. The van der Waals surface area contributed by atoms with E-state index in [4.69, 9.17) is 11.6 Å². The van der Waals surface area contributed by atoms with Crippen molar-refractivity contribution in [3.8, 4) is 0 Å². The van der Waals surface area contributed by atoms with Gasteiger partial charge in [-0.05, 0) is 30.3 Å². The molecule has 0 radical (unpaired) electrons. The standard InChI is InChI=1S/C17H19ClN2OS/c1-20(2,21)11-5-10-19-14-6-3-4-7-16(14)22-17-9-8-13(18)12-15(17)19/h3-4,6-9,12H,5,10-11H2,1-2H3. The third kappa shape index (κ3) is 3.41. The highest BCUT2D eigenvalue weighted by molar-refractivity contribution is 7.99. The minimum Gasteiger partial charge on any atom is -0.633 e. The summed E-state index contributed by atoms with van der Waals surface area (Å²) >= 11 is 7.95. The molecule has 1 aliphatic rings. The summed E-state index contributed by atoms with van der Waals surface area (Å²) < 4.78 is -0.257. The third-order valence-corrected chi connectivity index (χ3v) is 5.03. The number of halogens is 1. The van der Waals surface area contributed by atoms with Crippen molar-refractivity contribution >= 4 is 34.7 Å². The molecule has 1 aliphatic heterocycles. The van der Waals surface area contributed by atoms with Crippen molar-refractivity contribution in [1.29, 1.82) is 0 Å². The first-order valence-corrected chi connectivity index (χ1v) is 8.51. The lowest BCUT2D eigenvalue weighted by molar-refractivity contribution is -0.840. The van der Waals surface area contributed by atoms with Gasteiger partial charge in [0.15, 0.2) is 0 Å². The Morgan fingerprint density at radius 2 is 1.82 bits per heavy atom. The zero-order chi connectivity index (χ0) is 15.7. The predicted octanol–water partition coefficient (Wildman–Crippen LogP) is 4.91. The number of benzene rings is 2. The number of nitrogens with zero attached hydrogens (tertiary/aromatic N) is 2. The second-order valence-corrected chi connectivity index (χ2v) is 7.50. The van der Waals surface area contributed by atoms with Crippen LogP contribution in [-0.4, -0.2) is 31.8 Å². The molecule has 116 valence electrons. The van der Waals surface area contributed by atoms with E-state index in [0.717, 1.165) is 23.7 Å². The summed E-state index contributed by atoms with van der Waals surface area (Å²) in [7, 11) is 3.37. The normalized spacial score (nSPS) is 13.7. The Hall–Kier alpha value is -1.20. The number of hydrogen-bond acceptors (Lipinski definition) is 3. The van der Waals surface area contributed by atoms with Gasteiger partial charge in [-0.15, -0.1) is 0 Å². The van der Waals surface area contributed by atoms with Gasteiger partial charge in [0.25, 0.3) is 0 Å². The maximum atomic E-state index is 11.8. The van der Waals surface area contributed by atoms with Crippen LogP contribution in [0.4, 0.5) is 11.4 Å². The van der Waals surface area contributed by atoms with Gasteiger partial charge in [-0.2, -0.15) is 0 Å². The summed E-state index contributed by atoms with van der Waals surface area (Å²) in [5.74, 6) is 0. The molecule has 3 rings (SSSR count). The van der Waals surface area contributed by atoms with Gasteiger partial charge in [-0.1, -0.05) is 35.5 Å². The van der Waals surface area contributed by atoms with Crippen LogP contribution in [0, 0.1) is 5.21 Å². The summed E-state index contributed by atoms with van der Waals surface area (Å²) in [6.45, 7) is 1.41. The topological polar surface area (TPSA) is 26.3 Å². The van der Waals surface area contributed by atoms with Crippen molar-refractivity contribution in [2.24, 2.45) is 0 Å². The molecule has 22 heavy (non-hydrogen) atoms. The molecule has 0 aromatic heterocycles. The second kappa shape index (κ2) is 6.13. The van der Waals surface area contributed by atoms with Crippen LogP contribution < -0.4 is 4.90 Å². The van der Waals surface area contributed by atoms with E-state index < -0.39 is 0 Å². The van der Waals surface area contributed by atoms with Gasteiger partial charge in [0, 0.05) is 27.8 Å². The molecule has 0 N–H and O–H groups in total. The largest absolute Gasteiger partial charge is 0.633 e. The van der Waals surface area contributed by atoms with E-state index in [0.29, 0.717) is 6.54 Å². The van der Waals surface area contributed by atoms with Crippen molar-refractivity contribution in [2.75, 3.05) is 32.1 Å². The van der Waals surface area contributed by atoms with Crippen molar-refractivity contribution in [2.45, 2.75) is 16.2 Å². The number of quaternary nitrogens is 1. The molecule has 5 heteroatoms. The van der Waals surface area contributed by atoms with E-state index in [1.165, 1.54) is 15.5 Å². The van der Waals surface area contributed by atoms with Gasteiger partial charge in [-0.25, -0.2) is 0 Å². The average molecular weight is 335 g/mol. The number of fused-ring (bicyclic) bond motifs is 2. The minimum absolute atomic E-state index is 0.257. The zero-order valence-corrected chi connectivity index (χ0v) is 14.3. The molecular weight excluding hydrogens is 316 g/mol. The Morgan fingerprint density at radius 3 is 2.59 bits per heavy atom. The minimum atomic E-state index is -0.257. The molecule has 0 unspecified atom stereocenters. The first-order chi connectivity index (χ1) is 10.4. The van der Waals surface area contributed by atoms with Gasteiger partial charge < -0.3 is 14.8 Å². The first-order valence-electron chi connectivity index (χ1n) is 7.32. The number of para-hydroxylation sites is 1. The van der Waals surface area contributed by atoms with Gasteiger partial charge in [0.2, 0.25) is 0 Å². The lowest BCUT2D eigenvalue weighted by Crippen LogP contribution is -2.35. The molecule has 0 bridgehead atoms. The van der Waals surface area contributed by atoms with Crippen LogP contribution in [0.5, 0.6) is 0 Å². The first kappa shape index (κ1) is 15.7. The molecule has 0 atom stereocenters. The average Bonchev–Trinajstić information content (AvgIpc) is 2.46. The summed E-state index contributed by atoms with van der Waals surface area (Å²) in [4.78, 5) is 4.73. The summed E-state index contributed by atoms with van der Waals surface area (Å²) in [6.07, 6.45) is 0.835. The molecule has 0 fully saturated rings. The van der Waals surface area contributed by atoms with Gasteiger partial charge in [0.05, 0.1) is 32.0 Å².